The van der Waals surface area contributed by atoms with Gasteiger partial charge >= 0.3 is 0 Å². The second kappa shape index (κ2) is 6.79. The largest absolute Gasteiger partial charge is 0.389 e. The van der Waals surface area contributed by atoms with Crippen LogP contribution in [-0.4, -0.2) is 46.1 Å². The zero-order valence-electron chi connectivity index (χ0n) is 13.6. The van der Waals surface area contributed by atoms with Gasteiger partial charge in [0.1, 0.15) is 0 Å². The molecule has 1 aromatic heterocycles. The van der Waals surface area contributed by atoms with Crippen molar-refractivity contribution in [3.8, 4) is 0 Å². The molecule has 1 aromatic rings. The fraction of sp³-hybridized carbons (Fsp3) is 0.625. The van der Waals surface area contributed by atoms with E-state index in [9.17, 15) is 9.90 Å². The van der Waals surface area contributed by atoms with Gasteiger partial charge in [-0.05, 0) is 32.6 Å². The van der Waals surface area contributed by atoms with Gasteiger partial charge in [0.2, 0.25) is 0 Å². The summed E-state index contributed by atoms with van der Waals surface area (Å²) in [6.45, 7) is 11.9. The maximum Gasteiger partial charge on any atom is 0.280 e. The Morgan fingerprint density at radius 1 is 1.64 bits per heavy atom. The summed E-state index contributed by atoms with van der Waals surface area (Å²) in [4.78, 5) is 18.7. The lowest BCUT2D eigenvalue weighted by atomic mass is 10.00. The highest BCUT2D eigenvalue weighted by molar-refractivity contribution is 7.11. The fourth-order valence-corrected chi connectivity index (χ4v) is 3.22. The van der Waals surface area contributed by atoms with Crippen LogP contribution in [0.5, 0.6) is 0 Å². The molecule has 2 N–H and O–H groups in total. The van der Waals surface area contributed by atoms with Crippen LogP contribution < -0.4 is 5.32 Å². The summed E-state index contributed by atoms with van der Waals surface area (Å²) < 4.78 is 0. The average Bonchev–Trinajstić information content (AvgIpc) is 2.93. The van der Waals surface area contributed by atoms with Crippen molar-refractivity contribution in [1.82, 2.24) is 15.2 Å². The van der Waals surface area contributed by atoms with Crippen LogP contribution >= 0.6 is 11.3 Å². The molecule has 0 bridgehead atoms. The molecule has 1 aliphatic rings. The van der Waals surface area contributed by atoms with Gasteiger partial charge in [0, 0.05) is 25.0 Å². The van der Waals surface area contributed by atoms with E-state index in [4.69, 9.17) is 0 Å². The fourth-order valence-electron chi connectivity index (χ4n) is 2.48. The van der Waals surface area contributed by atoms with Crippen LogP contribution in [0, 0.1) is 5.92 Å². The molecule has 1 aliphatic heterocycles. The van der Waals surface area contributed by atoms with Gasteiger partial charge in [-0.3, -0.25) is 4.79 Å². The highest BCUT2D eigenvalue weighted by Crippen LogP contribution is 2.25. The number of nitrogens with zero attached hydrogens (tertiary/aromatic N) is 2. The number of carbonyl (C=O) groups excluding carboxylic acids is 1. The third kappa shape index (κ3) is 4.55. The first-order valence-electron chi connectivity index (χ1n) is 7.66. The van der Waals surface area contributed by atoms with E-state index in [0.29, 0.717) is 10.9 Å². The van der Waals surface area contributed by atoms with Crippen molar-refractivity contribution in [2.45, 2.75) is 39.2 Å². The Labute approximate surface area is 136 Å². The molecule has 0 aliphatic carbocycles. The summed E-state index contributed by atoms with van der Waals surface area (Å²) in [5.41, 5.74) is 0.736. The van der Waals surface area contributed by atoms with Gasteiger partial charge in [0.05, 0.1) is 17.0 Å². The van der Waals surface area contributed by atoms with Crippen LogP contribution in [0.2, 0.25) is 0 Å². The minimum absolute atomic E-state index is 0.200. The molecule has 5 nitrogen and oxygen atoms in total. The van der Waals surface area contributed by atoms with Crippen LogP contribution in [0.1, 0.15) is 49.1 Å². The third-order valence-electron chi connectivity index (χ3n) is 3.71. The Morgan fingerprint density at radius 2 is 2.36 bits per heavy atom. The van der Waals surface area contributed by atoms with Gasteiger partial charge in [-0.1, -0.05) is 13.5 Å². The van der Waals surface area contributed by atoms with Crippen molar-refractivity contribution in [2.75, 3.05) is 19.6 Å². The number of likely N-dealkylation sites (tertiary alicyclic amines) is 1. The van der Waals surface area contributed by atoms with Crippen LogP contribution in [0.25, 0.3) is 5.70 Å². The lowest BCUT2D eigenvalue weighted by Gasteiger charge is -2.33. The lowest BCUT2D eigenvalue weighted by Crippen LogP contribution is -2.38. The molecule has 122 valence electrons. The molecule has 2 rings (SSSR count). The van der Waals surface area contributed by atoms with Crippen LogP contribution in [-0.2, 0) is 0 Å². The number of thiazole rings is 1. The number of carbonyl (C=O) groups is 1. The molecule has 0 radical (unpaired) electrons. The van der Waals surface area contributed by atoms with E-state index >= 15 is 0 Å². The van der Waals surface area contributed by atoms with Gasteiger partial charge < -0.3 is 15.3 Å². The van der Waals surface area contributed by atoms with Crippen molar-refractivity contribution in [2.24, 2.45) is 5.92 Å². The summed E-state index contributed by atoms with van der Waals surface area (Å²) in [6, 6.07) is 0. The Kier molecular flexibility index (Phi) is 5.24. The zero-order chi connectivity index (χ0) is 16.3. The van der Waals surface area contributed by atoms with Crippen LogP contribution in [0.4, 0.5) is 0 Å². The molecule has 22 heavy (non-hydrogen) atoms. The normalized spacial score (nSPS) is 19.1. The standard InChI is InChI=1S/C16H25N3O2S/c1-11-6-5-7-19(8-11)12(2)13-9-22-15(18-13)14(20)17-10-16(3,4)21/h9,11,21H,2,5-8,10H2,1,3-4H3,(H,17,20). The second-order valence-corrected chi connectivity index (χ2v) is 7.53. The maximum atomic E-state index is 12.0. The third-order valence-corrected chi connectivity index (χ3v) is 4.56. The van der Waals surface area contributed by atoms with E-state index in [-0.39, 0.29) is 12.5 Å². The van der Waals surface area contributed by atoms with E-state index in [1.54, 1.807) is 13.8 Å². The highest BCUT2D eigenvalue weighted by Gasteiger charge is 2.21. The Balaban J connectivity index is 1.98. The Bertz CT molecular complexity index is 548. The van der Waals surface area contributed by atoms with Gasteiger partial charge in [0.15, 0.2) is 5.01 Å². The molecule has 1 unspecified atom stereocenters. The monoisotopic (exact) mass is 323 g/mol. The SMILES string of the molecule is C=C(c1csc(C(=O)NCC(C)(C)O)n1)N1CCCC(C)C1. The first-order valence-corrected chi connectivity index (χ1v) is 8.54. The van der Waals surface area contributed by atoms with Gasteiger partial charge in [0.25, 0.3) is 5.91 Å². The number of piperidine rings is 1. The molecular formula is C16H25N3O2S. The van der Waals surface area contributed by atoms with Crippen LogP contribution in [0.15, 0.2) is 12.0 Å². The quantitative estimate of drug-likeness (QED) is 0.873. The number of aromatic nitrogens is 1. The van der Waals surface area contributed by atoms with E-state index in [1.165, 1.54) is 24.2 Å². The van der Waals surface area contributed by atoms with Gasteiger partial charge in [-0.25, -0.2) is 4.98 Å². The van der Waals surface area contributed by atoms with Crippen molar-refractivity contribution < 1.29 is 9.90 Å². The summed E-state index contributed by atoms with van der Waals surface area (Å²) in [5, 5.41) is 14.6. The molecule has 0 aromatic carbocycles. The topological polar surface area (TPSA) is 65.5 Å². The summed E-state index contributed by atoms with van der Waals surface area (Å²) in [7, 11) is 0. The first kappa shape index (κ1) is 17.0. The van der Waals surface area contributed by atoms with Crippen LogP contribution in [0.3, 0.4) is 0 Å². The van der Waals surface area contributed by atoms with E-state index in [1.807, 2.05) is 5.38 Å². The lowest BCUT2D eigenvalue weighted by molar-refractivity contribution is 0.0694. The first-order chi connectivity index (χ1) is 10.3. The highest BCUT2D eigenvalue weighted by atomic mass is 32.1. The Hall–Kier alpha value is -1.40. The summed E-state index contributed by atoms with van der Waals surface area (Å²) in [6.07, 6.45) is 2.43. The van der Waals surface area contributed by atoms with Crippen molar-refractivity contribution in [3.05, 3.63) is 22.7 Å². The minimum atomic E-state index is -0.927. The van der Waals surface area contributed by atoms with E-state index in [0.717, 1.165) is 24.5 Å². The number of rotatable bonds is 5. The van der Waals surface area contributed by atoms with Crippen molar-refractivity contribution in [3.63, 3.8) is 0 Å². The molecule has 0 saturated carbocycles. The maximum absolute atomic E-state index is 12.0. The molecular weight excluding hydrogens is 298 g/mol. The molecule has 1 atom stereocenters. The summed E-state index contributed by atoms with van der Waals surface area (Å²) in [5.74, 6) is 0.414. The molecule has 1 fully saturated rings. The van der Waals surface area contributed by atoms with Gasteiger partial charge in [-0.2, -0.15) is 0 Å². The van der Waals surface area contributed by atoms with Gasteiger partial charge in [-0.15, -0.1) is 11.3 Å². The molecule has 1 saturated heterocycles. The molecule has 2 heterocycles. The molecule has 1 amide bonds. The van der Waals surface area contributed by atoms with Crippen molar-refractivity contribution >= 4 is 22.9 Å². The predicted octanol–water partition coefficient (Wildman–Crippen LogP) is 2.35. The predicted molar refractivity (Wildman–Crippen MR) is 89.8 cm³/mol. The number of nitrogens with one attached hydrogen (secondary N) is 1. The van der Waals surface area contributed by atoms with Crippen molar-refractivity contribution in [1.29, 1.82) is 0 Å². The number of aliphatic hydroxyl groups is 1. The smallest absolute Gasteiger partial charge is 0.280 e. The zero-order valence-corrected chi connectivity index (χ0v) is 14.4. The summed E-state index contributed by atoms with van der Waals surface area (Å²) >= 11 is 1.31. The number of hydrogen-bond donors (Lipinski definition) is 2. The molecule has 6 heteroatoms. The second-order valence-electron chi connectivity index (χ2n) is 6.67. The Morgan fingerprint density at radius 3 is 3.00 bits per heavy atom. The molecule has 0 spiro atoms. The number of amides is 1. The minimum Gasteiger partial charge on any atom is -0.389 e. The van der Waals surface area contributed by atoms with E-state index < -0.39 is 5.60 Å². The number of hydrogen-bond acceptors (Lipinski definition) is 5. The van der Waals surface area contributed by atoms with E-state index in [2.05, 4.69) is 28.7 Å². The average molecular weight is 323 g/mol.